The zero-order valence-corrected chi connectivity index (χ0v) is 13.3. The predicted octanol–water partition coefficient (Wildman–Crippen LogP) is 2.11. The number of nitrogens with one attached hydrogen (secondary N) is 1. The molecule has 1 aromatic carbocycles. The van der Waals surface area contributed by atoms with Gasteiger partial charge < -0.3 is 20.7 Å². The van der Waals surface area contributed by atoms with Crippen molar-refractivity contribution in [3.8, 4) is 0 Å². The first kappa shape index (κ1) is 16.8. The maximum atomic E-state index is 12.0. The van der Waals surface area contributed by atoms with Crippen molar-refractivity contribution < 1.29 is 9.53 Å². The second-order valence-corrected chi connectivity index (χ2v) is 5.93. The maximum absolute atomic E-state index is 12.0. The van der Waals surface area contributed by atoms with Crippen LogP contribution < -0.4 is 11.1 Å². The normalized spacial score (nSPS) is 21.6. The molecule has 0 heterocycles. The average molecular weight is 305 g/mol. The lowest BCUT2D eigenvalue weighted by Crippen LogP contribution is -2.53. The van der Waals surface area contributed by atoms with Crippen molar-refractivity contribution in [1.82, 2.24) is 10.2 Å². The molecular formula is C17H27N3O2. The van der Waals surface area contributed by atoms with Gasteiger partial charge in [0.1, 0.15) is 6.61 Å². The maximum Gasteiger partial charge on any atom is 0.407 e. The molecular weight excluding hydrogens is 278 g/mol. The molecule has 0 aliphatic heterocycles. The third-order valence-electron chi connectivity index (χ3n) is 4.29. The van der Waals surface area contributed by atoms with Gasteiger partial charge in [-0.3, -0.25) is 0 Å². The van der Waals surface area contributed by atoms with Gasteiger partial charge in [0, 0.05) is 25.2 Å². The molecule has 0 bridgehead atoms. The minimum atomic E-state index is -0.332. The molecule has 1 saturated carbocycles. The van der Waals surface area contributed by atoms with Crippen LogP contribution in [0.15, 0.2) is 30.3 Å². The fourth-order valence-corrected chi connectivity index (χ4v) is 3.09. The van der Waals surface area contributed by atoms with Gasteiger partial charge in [0.2, 0.25) is 0 Å². The molecule has 0 spiro atoms. The topological polar surface area (TPSA) is 67.6 Å². The number of carbonyl (C=O) groups is 1. The fraction of sp³-hybridized carbons (Fsp3) is 0.588. The number of ether oxygens (including phenoxy) is 1. The summed E-state index contributed by atoms with van der Waals surface area (Å²) < 4.78 is 5.33. The number of carbonyl (C=O) groups excluding carboxylic acids is 1. The van der Waals surface area contributed by atoms with Crippen LogP contribution in [0.4, 0.5) is 4.79 Å². The Balaban J connectivity index is 1.83. The van der Waals surface area contributed by atoms with E-state index in [0.717, 1.165) is 31.4 Å². The third kappa shape index (κ3) is 5.00. The van der Waals surface area contributed by atoms with Crippen molar-refractivity contribution in [1.29, 1.82) is 0 Å². The molecule has 22 heavy (non-hydrogen) atoms. The Bertz CT molecular complexity index is 452. The van der Waals surface area contributed by atoms with E-state index >= 15 is 0 Å². The molecule has 122 valence electrons. The number of likely N-dealkylation sites (N-methyl/N-ethyl adjacent to an activating group) is 1. The lowest BCUT2D eigenvalue weighted by Gasteiger charge is -2.38. The van der Waals surface area contributed by atoms with Crippen molar-refractivity contribution in [2.45, 2.75) is 44.4 Å². The summed E-state index contributed by atoms with van der Waals surface area (Å²) in [6.07, 6.45) is 4.12. The standard InChI is InChI=1S/C17H27N3O2/c1-20(12-11-18)16-10-6-5-9-15(16)19-17(21)22-13-14-7-3-2-4-8-14/h2-4,7-8,15-16H,5-6,9-13,18H2,1H3,(H,19,21). The van der Waals surface area contributed by atoms with Crippen LogP contribution in [0.1, 0.15) is 31.2 Å². The van der Waals surface area contributed by atoms with Gasteiger partial charge in [-0.1, -0.05) is 43.2 Å². The number of amides is 1. The number of benzene rings is 1. The van der Waals surface area contributed by atoms with Crippen molar-refractivity contribution in [2.75, 3.05) is 20.1 Å². The van der Waals surface area contributed by atoms with Gasteiger partial charge in [-0.15, -0.1) is 0 Å². The van der Waals surface area contributed by atoms with Gasteiger partial charge in [-0.2, -0.15) is 0 Å². The summed E-state index contributed by atoms with van der Waals surface area (Å²) in [6, 6.07) is 10.2. The Kier molecular flexibility index (Phi) is 6.68. The van der Waals surface area contributed by atoms with E-state index in [2.05, 4.69) is 17.3 Å². The van der Waals surface area contributed by atoms with Crippen LogP contribution in [0.3, 0.4) is 0 Å². The lowest BCUT2D eigenvalue weighted by molar-refractivity contribution is 0.112. The van der Waals surface area contributed by atoms with E-state index in [4.69, 9.17) is 10.5 Å². The minimum Gasteiger partial charge on any atom is -0.445 e. The highest BCUT2D eigenvalue weighted by Crippen LogP contribution is 2.22. The number of hydrogen-bond acceptors (Lipinski definition) is 4. The minimum absolute atomic E-state index is 0.147. The Morgan fingerprint density at radius 3 is 2.77 bits per heavy atom. The van der Waals surface area contributed by atoms with Crippen LogP contribution in [0, 0.1) is 0 Å². The highest BCUT2D eigenvalue weighted by Gasteiger charge is 2.29. The van der Waals surface area contributed by atoms with Crippen molar-refractivity contribution in [3.63, 3.8) is 0 Å². The zero-order chi connectivity index (χ0) is 15.8. The summed E-state index contributed by atoms with van der Waals surface area (Å²) in [5, 5.41) is 3.03. The van der Waals surface area contributed by atoms with Crippen molar-refractivity contribution >= 4 is 6.09 Å². The summed E-state index contributed by atoms with van der Waals surface area (Å²) in [7, 11) is 2.08. The molecule has 1 aromatic rings. The van der Waals surface area contributed by atoms with E-state index in [1.54, 1.807) is 0 Å². The van der Waals surface area contributed by atoms with Crippen LogP contribution in [0.2, 0.25) is 0 Å². The van der Waals surface area contributed by atoms with Crippen LogP contribution in [-0.4, -0.2) is 43.2 Å². The molecule has 1 aliphatic rings. The molecule has 2 rings (SSSR count). The molecule has 0 saturated heterocycles. The van der Waals surface area contributed by atoms with Crippen molar-refractivity contribution in [2.24, 2.45) is 5.73 Å². The molecule has 5 nitrogen and oxygen atoms in total. The molecule has 2 atom stereocenters. The van der Waals surface area contributed by atoms with Gasteiger partial charge in [0.15, 0.2) is 0 Å². The van der Waals surface area contributed by atoms with Crippen molar-refractivity contribution in [3.05, 3.63) is 35.9 Å². The van der Waals surface area contributed by atoms with E-state index < -0.39 is 0 Å². The first-order valence-electron chi connectivity index (χ1n) is 8.08. The Hall–Kier alpha value is -1.59. The fourth-order valence-electron chi connectivity index (χ4n) is 3.09. The number of hydrogen-bond donors (Lipinski definition) is 2. The van der Waals surface area contributed by atoms with Gasteiger partial charge in [0.25, 0.3) is 0 Å². The van der Waals surface area contributed by atoms with Gasteiger partial charge in [-0.25, -0.2) is 4.79 Å². The SMILES string of the molecule is CN(CCN)C1CCCCC1NC(=O)OCc1ccccc1. The van der Waals surface area contributed by atoms with Crippen LogP contribution in [0.5, 0.6) is 0 Å². The summed E-state index contributed by atoms with van der Waals surface area (Å²) in [4.78, 5) is 14.3. The lowest BCUT2D eigenvalue weighted by atomic mass is 9.89. The third-order valence-corrected chi connectivity index (χ3v) is 4.29. The number of rotatable bonds is 6. The largest absolute Gasteiger partial charge is 0.445 e. The number of nitrogens with two attached hydrogens (primary N) is 1. The molecule has 0 radical (unpaired) electrons. The number of alkyl carbamates (subject to hydrolysis) is 1. The van der Waals surface area contributed by atoms with E-state index in [9.17, 15) is 4.79 Å². The van der Waals surface area contributed by atoms with E-state index in [1.165, 1.54) is 6.42 Å². The molecule has 0 aromatic heterocycles. The Morgan fingerprint density at radius 1 is 1.32 bits per heavy atom. The molecule has 2 unspecified atom stereocenters. The zero-order valence-electron chi connectivity index (χ0n) is 13.3. The molecule has 1 amide bonds. The summed E-state index contributed by atoms with van der Waals surface area (Å²) in [5.74, 6) is 0. The second-order valence-electron chi connectivity index (χ2n) is 5.93. The summed E-state index contributed by atoms with van der Waals surface area (Å²) in [6.45, 7) is 1.79. The first-order chi connectivity index (χ1) is 10.7. The van der Waals surface area contributed by atoms with Crippen LogP contribution in [-0.2, 0) is 11.3 Å². The second kappa shape index (κ2) is 8.76. The molecule has 1 aliphatic carbocycles. The number of nitrogens with zero attached hydrogens (tertiary/aromatic N) is 1. The summed E-state index contributed by atoms with van der Waals surface area (Å²) >= 11 is 0. The predicted molar refractivity (Wildman–Crippen MR) is 87.5 cm³/mol. The molecule has 5 heteroatoms. The molecule has 3 N–H and O–H groups in total. The van der Waals surface area contributed by atoms with Crippen LogP contribution in [0.25, 0.3) is 0 Å². The van der Waals surface area contributed by atoms with Gasteiger partial charge in [0.05, 0.1) is 0 Å². The smallest absolute Gasteiger partial charge is 0.407 e. The van der Waals surface area contributed by atoms with E-state index in [1.807, 2.05) is 30.3 Å². The quantitative estimate of drug-likeness (QED) is 0.845. The Morgan fingerprint density at radius 2 is 2.05 bits per heavy atom. The first-order valence-corrected chi connectivity index (χ1v) is 8.08. The van der Waals surface area contributed by atoms with Crippen LogP contribution >= 0.6 is 0 Å². The highest BCUT2D eigenvalue weighted by atomic mass is 16.5. The Labute approximate surface area is 132 Å². The monoisotopic (exact) mass is 305 g/mol. The highest BCUT2D eigenvalue weighted by molar-refractivity contribution is 5.67. The average Bonchev–Trinajstić information content (AvgIpc) is 2.54. The van der Waals surface area contributed by atoms with E-state index in [-0.39, 0.29) is 12.1 Å². The van der Waals surface area contributed by atoms with Gasteiger partial charge in [-0.05, 0) is 25.5 Å². The molecule has 1 fully saturated rings. The van der Waals surface area contributed by atoms with Gasteiger partial charge >= 0.3 is 6.09 Å². The summed E-state index contributed by atoms with van der Waals surface area (Å²) in [5.41, 5.74) is 6.64. The van der Waals surface area contributed by atoms with E-state index in [0.29, 0.717) is 19.2 Å².